The smallest absolute Gasteiger partial charge is 0.245 e. The molecule has 194 valence electrons. The summed E-state index contributed by atoms with van der Waals surface area (Å²) >= 11 is 0. The van der Waals surface area contributed by atoms with Crippen LogP contribution in [0.2, 0.25) is 0 Å². The third-order valence-corrected chi connectivity index (χ3v) is 8.72. The molecule has 1 atom stereocenters. The maximum Gasteiger partial charge on any atom is 0.245 e. The Labute approximate surface area is 222 Å². The molecule has 1 aromatic heterocycles. The van der Waals surface area contributed by atoms with Crippen LogP contribution in [0.25, 0.3) is 10.9 Å². The highest BCUT2D eigenvalue weighted by Gasteiger charge is 2.36. The van der Waals surface area contributed by atoms with E-state index in [1.54, 1.807) is 48.7 Å². The monoisotopic (exact) mass is 528 g/mol. The molecule has 8 heteroatoms. The zero-order chi connectivity index (χ0) is 26.5. The van der Waals surface area contributed by atoms with Crippen molar-refractivity contribution in [3.63, 3.8) is 0 Å². The first-order chi connectivity index (χ1) is 18.4. The topological polar surface area (TPSA) is 93.6 Å². The van der Waals surface area contributed by atoms with Gasteiger partial charge in [-0.3, -0.25) is 14.6 Å². The summed E-state index contributed by atoms with van der Waals surface area (Å²) < 4.78 is 35.7. The number of para-hydroxylation sites is 1. The van der Waals surface area contributed by atoms with Crippen molar-refractivity contribution in [2.45, 2.75) is 43.4 Å². The molecule has 0 N–H and O–H groups in total. The Kier molecular flexibility index (Phi) is 7.74. The van der Waals surface area contributed by atoms with Crippen LogP contribution in [0, 0.1) is 0 Å². The number of benzene rings is 3. The number of carbonyl (C=O) groups is 2. The van der Waals surface area contributed by atoms with Crippen molar-refractivity contribution in [1.29, 1.82) is 0 Å². The second kappa shape index (κ2) is 11.3. The van der Waals surface area contributed by atoms with Crippen molar-refractivity contribution in [1.82, 2.24) is 9.29 Å². The Hall–Kier alpha value is -3.72. The number of sulfonamides is 1. The summed E-state index contributed by atoms with van der Waals surface area (Å²) in [4.78, 5) is 30.0. The quantitative estimate of drug-likeness (QED) is 0.301. The van der Waals surface area contributed by atoms with Gasteiger partial charge < -0.3 is 4.74 Å². The van der Waals surface area contributed by atoms with Gasteiger partial charge in [0.25, 0.3) is 0 Å². The van der Waals surface area contributed by atoms with Crippen LogP contribution in [0.4, 0.5) is 0 Å². The summed E-state index contributed by atoms with van der Waals surface area (Å²) in [6.07, 6.45) is 1.61. The van der Waals surface area contributed by atoms with E-state index >= 15 is 0 Å². The van der Waals surface area contributed by atoms with E-state index in [9.17, 15) is 18.0 Å². The van der Waals surface area contributed by atoms with Crippen LogP contribution in [-0.4, -0.2) is 41.9 Å². The zero-order valence-electron chi connectivity index (χ0n) is 20.8. The van der Waals surface area contributed by atoms with Gasteiger partial charge in [-0.25, -0.2) is 8.42 Å². The molecule has 5 rings (SSSR count). The number of rotatable bonds is 8. The molecule has 0 unspecified atom stereocenters. The number of fused-ring (bicyclic) bond motifs is 2. The fraction of sp³-hybridized carbons (Fsp3) is 0.233. The van der Waals surface area contributed by atoms with Crippen LogP contribution in [0.1, 0.15) is 40.7 Å². The summed E-state index contributed by atoms with van der Waals surface area (Å²) in [5, 5.41) is 0.712. The number of pyridine rings is 1. The van der Waals surface area contributed by atoms with Crippen molar-refractivity contribution in [3.05, 3.63) is 108 Å². The molecule has 4 aromatic rings. The number of hydrogen-bond acceptors (Lipinski definition) is 6. The Balaban J connectivity index is 1.44. The molecule has 1 aliphatic heterocycles. The average Bonchev–Trinajstić information content (AvgIpc) is 2.93. The molecule has 2 heterocycles. The van der Waals surface area contributed by atoms with Gasteiger partial charge in [0.05, 0.1) is 24.8 Å². The largest absolute Gasteiger partial charge is 0.375 e. The van der Waals surface area contributed by atoms with Crippen LogP contribution in [-0.2, 0) is 32.7 Å². The molecular weight excluding hydrogens is 500 g/mol. The molecule has 3 aromatic carbocycles. The third kappa shape index (κ3) is 5.57. The van der Waals surface area contributed by atoms with Crippen LogP contribution in [0.15, 0.2) is 96.0 Å². The van der Waals surface area contributed by atoms with E-state index < -0.39 is 16.1 Å². The van der Waals surface area contributed by atoms with Crippen molar-refractivity contribution in [2.75, 3.05) is 6.61 Å². The third-order valence-electron chi connectivity index (χ3n) is 6.79. The number of hydrogen-bond donors (Lipinski definition) is 0. The van der Waals surface area contributed by atoms with E-state index in [1.165, 1.54) is 4.31 Å². The highest BCUT2D eigenvalue weighted by atomic mass is 32.2. The molecular formula is C30H28N2O5S. The Morgan fingerprint density at radius 2 is 1.61 bits per heavy atom. The van der Waals surface area contributed by atoms with Gasteiger partial charge in [-0.15, -0.1) is 0 Å². The van der Waals surface area contributed by atoms with E-state index in [4.69, 9.17) is 4.74 Å². The summed E-state index contributed by atoms with van der Waals surface area (Å²) in [6.45, 7) is 0.493. The molecule has 38 heavy (non-hydrogen) atoms. The second-order valence-electron chi connectivity index (χ2n) is 9.35. The van der Waals surface area contributed by atoms with Crippen LogP contribution >= 0.6 is 0 Å². The van der Waals surface area contributed by atoms with Crippen molar-refractivity contribution in [2.24, 2.45) is 0 Å². The molecule has 0 amide bonds. The molecule has 0 saturated carbocycles. The predicted molar refractivity (Wildman–Crippen MR) is 144 cm³/mol. The lowest BCUT2D eigenvalue weighted by molar-refractivity contribution is -0.120. The lowest BCUT2D eigenvalue weighted by Gasteiger charge is -2.33. The van der Waals surface area contributed by atoms with Gasteiger partial charge in [0.2, 0.25) is 10.0 Å². The first-order valence-corrected chi connectivity index (χ1v) is 14.0. The van der Waals surface area contributed by atoms with Gasteiger partial charge in [-0.05, 0) is 23.3 Å². The minimum Gasteiger partial charge on any atom is -0.375 e. The Morgan fingerprint density at radius 1 is 0.868 bits per heavy atom. The first-order valence-electron chi connectivity index (χ1n) is 12.5. The fourth-order valence-electron chi connectivity index (χ4n) is 4.78. The number of ketones is 2. The Morgan fingerprint density at radius 3 is 2.42 bits per heavy atom. The maximum atomic E-state index is 14.2. The highest BCUT2D eigenvalue weighted by Crippen LogP contribution is 2.30. The second-order valence-corrected chi connectivity index (χ2v) is 11.2. The molecule has 0 radical (unpaired) electrons. The van der Waals surface area contributed by atoms with Crippen molar-refractivity contribution < 1.29 is 22.7 Å². The van der Waals surface area contributed by atoms with Gasteiger partial charge in [0.15, 0.2) is 5.78 Å². The number of Topliss-reactive ketones (excluding diaryl/α,β-unsaturated/α-hetero) is 2. The molecule has 0 spiro atoms. The number of nitrogens with zero attached hydrogens (tertiary/aromatic N) is 2. The first kappa shape index (κ1) is 25.9. The minimum absolute atomic E-state index is 0.0323. The predicted octanol–water partition coefficient (Wildman–Crippen LogP) is 4.95. The number of carbonyl (C=O) groups excluding carboxylic acids is 2. The highest BCUT2D eigenvalue weighted by molar-refractivity contribution is 7.89. The summed E-state index contributed by atoms with van der Waals surface area (Å²) in [6, 6.07) is 24.3. The van der Waals surface area contributed by atoms with Gasteiger partial charge in [0, 0.05) is 43.0 Å². The van der Waals surface area contributed by atoms with Gasteiger partial charge >= 0.3 is 0 Å². The molecule has 0 saturated heterocycles. The molecule has 0 bridgehead atoms. The lowest BCUT2D eigenvalue weighted by Crippen LogP contribution is -2.44. The summed E-state index contributed by atoms with van der Waals surface area (Å²) in [7, 11) is -4.07. The van der Waals surface area contributed by atoms with Crippen molar-refractivity contribution >= 4 is 32.5 Å². The number of aromatic nitrogens is 1. The standard InChI is InChI=1S/C30H28N2O5S/c33-27(15-16-28(34)22-8-2-1-3-9-22)18-26-21-37-20-25-11-5-4-10-24(25)19-32(26)38(35,36)29-14-6-12-23-13-7-17-31-30(23)29/h1-14,17,26H,15-16,18-21H2/t26-/m1/s1. The van der Waals surface area contributed by atoms with Crippen LogP contribution in [0.5, 0.6) is 0 Å². The van der Waals surface area contributed by atoms with Crippen LogP contribution in [0.3, 0.4) is 0 Å². The van der Waals surface area contributed by atoms with E-state index in [1.807, 2.05) is 42.5 Å². The summed E-state index contributed by atoms with van der Waals surface area (Å²) in [5.74, 6) is -0.305. The fourth-order valence-corrected chi connectivity index (χ4v) is 6.53. The minimum atomic E-state index is -4.07. The normalized spacial score (nSPS) is 16.4. The average molecular weight is 529 g/mol. The zero-order valence-corrected chi connectivity index (χ0v) is 21.6. The van der Waals surface area contributed by atoms with E-state index in [2.05, 4.69) is 4.98 Å². The number of ether oxygens (including phenoxy) is 1. The Bertz CT molecular complexity index is 1560. The molecule has 0 aliphatic carbocycles. The van der Waals surface area contributed by atoms with Gasteiger partial charge in [-0.1, -0.05) is 72.8 Å². The molecule has 0 fully saturated rings. The van der Waals surface area contributed by atoms with E-state index in [0.717, 1.165) is 11.1 Å². The maximum absolute atomic E-state index is 14.2. The lowest BCUT2D eigenvalue weighted by atomic mass is 10.0. The summed E-state index contributed by atoms with van der Waals surface area (Å²) in [5.41, 5.74) is 2.66. The SMILES string of the molecule is O=C(CCC(=O)c1ccccc1)C[C@@H]1COCc2ccccc2CN1S(=O)(=O)c1cccc2cccnc12. The van der Waals surface area contributed by atoms with E-state index in [0.29, 0.717) is 23.1 Å². The van der Waals surface area contributed by atoms with Crippen LogP contribution < -0.4 is 0 Å². The van der Waals surface area contributed by atoms with E-state index in [-0.39, 0.29) is 48.9 Å². The molecule has 7 nitrogen and oxygen atoms in total. The van der Waals surface area contributed by atoms with Gasteiger partial charge in [0.1, 0.15) is 10.7 Å². The van der Waals surface area contributed by atoms with Gasteiger partial charge in [-0.2, -0.15) is 4.31 Å². The molecule has 1 aliphatic rings. The van der Waals surface area contributed by atoms with Crippen molar-refractivity contribution in [3.8, 4) is 0 Å².